The molecule has 1 aromatic heterocycles. The molecule has 0 saturated heterocycles. The van der Waals surface area contributed by atoms with Gasteiger partial charge in [-0.15, -0.1) is 0 Å². The summed E-state index contributed by atoms with van der Waals surface area (Å²) in [5.41, 5.74) is 18.5. The van der Waals surface area contributed by atoms with Crippen molar-refractivity contribution in [2.24, 2.45) is 0 Å². The van der Waals surface area contributed by atoms with Crippen LogP contribution in [0, 0.1) is 20.8 Å². The van der Waals surface area contributed by atoms with Crippen LogP contribution in [0.4, 0.5) is 23.0 Å². The Bertz CT molecular complexity index is 3480. The van der Waals surface area contributed by atoms with Gasteiger partial charge in [0.15, 0.2) is 23.2 Å². The molecular weight excluding hydrogens is 869 g/mol. The number of para-hydroxylation sites is 1. The summed E-state index contributed by atoms with van der Waals surface area (Å²) in [4.78, 5) is 44.3. The van der Waals surface area contributed by atoms with Gasteiger partial charge in [0, 0.05) is 22.3 Å². The molecule has 2 aliphatic rings. The van der Waals surface area contributed by atoms with E-state index in [1.165, 1.54) is 0 Å². The van der Waals surface area contributed by atoms with Crippen LogP contribution < -0.4 is 9.80 Å². The van der Waals surface area contributed by atoms with Crippen molar-refractivity contribution in [3.63, 3.8) is 0 Å². The van der Waals surface area contributed by atoms with Crippen LogP contribution >= 0.6 is 0 Å². The first-order valence-electron chi connectivity index (χ1n) is 24.5. The molecule has 0 fully saturated rings. The van der Waals surface area contributed by atoms with Crippen molar-refractivity contribution in [1.82, 2.24) is 9.97 Å². The predicted octanol–water partition coefficient (Wildman–Crippen LogP) is 16.6. The Balaban J connectivity index is 1.26. The lowest BCUT2D eigenvalue weighted by atomic mass is 9.91. The van der Waals surface area contributed by atoms with Gasteiger partial charge in [-0.05, 0) is 130 Å². The fraction of sp³-hybridized carbons (Fsp3) is 0.138. The molecule has 0 amide bonds. The minimum Gasteiger partial charge on any atom is -0.288 e. The van der Waals surface area contributed by atoms with Gasteiger partial charge in [0.25, 0.3) is 0 Å². The van der Waals surface area contributed by atoms with Gasteiger partial charge in [-0.3, -0.25) is 19.4 Å². The summed E-state index contributed by atoms with van der Waals surface area (Å²) < 4.78 is 0. The number of carbonyl (C=O) groups excluding carboxylic acids is 2. The second-order valence-electron chi connectivity index (χ2n) is 19.5. The van der Waals surface area contributed by atoms with E-state index in [1.54, 1.807) is 18.2 Å². The van der Waals surface area contributed by atoms with Crippen molar-refractivity contribution in [2.45, 2.75) is 60.3 Å². The second kappa shape index (κ2) is 18.1. The van der Waals surface area contributed by atoms with Gasteiger partial charge < -0.3 is 0 Å². The molecule has 0 saturated carbocycles. The van der Waals surface area contributed by atoms with Crippen LogP contribution in [-0.2, 0) is 0 Å². The van der Waals surface area contributed by atoms with E-state index in [-0.39, 0.29) is 29.0 Å². The monoisotopic (exact) mass is 922 g/mol. The number of ketones is 2. The van der Waals surface area contributed by atoms with Gasteiger partial charge in [-0.25, -0.2) is 9.97 Å². The highest BCUT2D eigenvalue weighted by Gasteiger charge is 2.42. The van der Waals surface area contributed by atoms with Crippen molar-refractivity contribution < 1.29 is 9.59 Å². The van der Waals surface area contributed by atoms with Crippen LogP contribution in [0.2, 0.25) is 0 Å². The third-order valence-electron chi connectivity index (χ3n) is 14.1. The van der Waals surface area contributed by atoms with E-state index in [4.69, 9.17) is 9.97 Å². The molecule has 0 N–H and O–H groups in total. The van der Waals surface area contributed by atoms with Crippen molar-refractivity contribution in [3.8, 4) is 44.5 Å². The Labute approximate surface area is 416 Å². The first kappa shape index (κ1) is 45.0. The number of rotatable bonds is 9. The molecule has 2 heterocycles. The molecule has 6 nitrogen and oxygen atoms in total. The first-order valence-corrected chi connectivity index (χ1v) is 24.5. The largest absolute Gasteiger partial charge is 0.288 e. The molecule has 9 aromatic rings. The zero-order valence-electron chi connectivity index (χ0n) is 41.2. The molecular formula is C65H54N4O2. The van der Waals surface area contributed by atoms with E-state index < -0.39 is 0 Å². The summed E-state index contributed by atoms with van der Waals surface area (Å²) >= 11 is 0. The van der Waals surface area contributed by atoms with Crippen molar-refractivity contribution >= 4 is 45.6 Å². The fourth-order valence-corrected chi connectivity index (χ4v) is 10.3. The zero-order chi connectivity index (χ0) is 49.1. The van der Waals surface area contributed by atoms with Crippen molar-refractivity contribution in [3.05, 3.63) is 238 Å². The molecule has 346 valence electrons. The maximum absolute atomic E-state index is 14.2. The number of aromatic nitrogens is 2. The van der Waals surface area contributed by atoms with Crippen molar-refractivity contribution in [2.75, 3.05) is 9.80 Å². The lowest BCUT2D eigenvalue weighted by Gasteiger charge is -2.32. The quantitative estimate of drug-likeness (QED) is 0.106. The number of aryl methyl sites for hydroxylation is 3. The molecule has 0 spiro atoms. The SMILES string of the molecule is Cc1cc(-c2ccc(-c3ccccc3)cc2)c(N2/C(=C/C=C3C(=O)c4ccccc4C3=O)N(c3c(C(C)C)cccc3C(C)C)c3nc4cc(C)c(C)cc4nc32)c(-c2ccc(-c3ccccc3)cc2)c1. The van der Waals surface area contributed by atoms with E-state index >= 15 is 0 Å². The number of Topliss-reactive ketones (excluding diaryl/α,β-unsaturated/α-hetero) is 2. The molecule has 0 atom stereocenters. The lowest BCUT2D eigenvalue weighted by Crippen LogP contribution is -2.25. The number of allylic oxidation sites excluding steroid dienone is 3. The Morgan fingerprint density at radius 3 is 1.24 bits per heavy atom. The third kappa shape index (κ3) is 7.96. The van der Waals surface area contributed by atoms with Gasteiger partial charge in [-0.1, -0.05) is 179 Å². The van der Waals surface area contributed by atoms with Gasteiger partial charge >= 0.3 is 0 Å². The van der Waals surface area contributed by atoms with E-state index in [0.717, 1.165) is 94.7 Å². The highest BCUT2D eigenvalue weighted by atomic mass is 16.2. The fourth-order valence-electron chi connectivity index (χ4n) is 10.3. The Morgan fingerprint density at radius 2 is 0.803 bits per heavy atom. The van der Waals surface area contributed by atoms with E-state index in [0.29, 0.717) is 28.6 Å². The molecule has 1 aliphatic carbocycles. The number of fused-ring (bicyclic) bond motifs is 3. The lowest BCUT2D eigenvalue weighted by molar-refractivity contribution is 0.0988. The smallest absolute Gasteiger partial charge is 0.197 e. The van der Waals surface area contributed by atoms with Crippen LogP contribution in [-0.4, -0.2) is 21.5 Å². The van der Waals surface area contributed by atoms with Crippen LogP contribution in [0.5, 0.6) is 0 Å². The Morgan fingerprint density at radius 1 is 0.408 bits per heavy atom. The zero-order valence-corrected chi connectivity index (χ0v) is 41.2. The number of hydrogen-bond acceptors (Lipinski definition) is 6. The maximum atomic E-state index is 14.2. The topological polar surface area (TPSA) is 66.4 Å². The molecule has 6 heteroatoms. The summed E-state index contributed by atoms with van der Waals surface area (Å²) in [6.45, 7) is 15.3. The number of nitrogens with zero attached hydrogens (tertiary/aromatic N) is 4. The maximum Gasteiger partial charge on any atom is 0.197 e. The molecule has 0 bridgehead atoms. The number of benzene rings is 8. The Kier molecular flexibility index (Phi) is 11.5. The highest BCUT2D eigenvalue weighted by Crippen LogP contribution is 2.56. The molecule has 0 radical (unpaired) electrons. The van der Waals surface area contributed by atoms with E-state index in [1.807, 2.05) is 30.3 Å². The number of carbonyl (C=O) groups is 2. The molecule has 0 unspecified atom stereocenters. The van der Waals surface area contributed by atoms with Crippen LogP contribution in [0.3, 0.4) is 0 Å². The van der Waals surface area contributed by atoms with E-state index in [2.05, 4.69) is 198 Å². The van der Waals surface area contributed by atoms with Gasteiger partial charge in [0.1, 0.15) is 5.82 Å². The highest BCUT2D eigenvalue weighted by molar-refractivity contribution is 6.39. The van der Waals surface area contributed by atoms with Gasteiger partial charge in [0.2, 0.25) is 0 Å². The average molecular weight is 923 g/mol. The summed E-state index contributed by atoms with van der Waals surface area (Å²) in [6.07, 6.45) is 3.68. The predicted molar refractivity (Wildman–Crippen MR) is 292 cm³/mol. The number of anilines is 4. The summed E-state index contributed by atoms with van der Waals surface area (Å²) in [6, 6.07) is 60.9. The molecule has 71 heavy (non-hydrogen) atoms. The summed E-state index contributed by atoms with van der Waals surface area (Å²) in [5.74, 6) is 1.66. The minimum absolute atomic E-state index is 0.116. The minimum atomic E-state index is -0.289. The normalized spacial score (nSPS) is 13.8. The van der Waals surface area contributed by atoms with Gasteiger partial charge in [-0.2, -0.15) is 0 Å². The van der Waals surface area contributed by atoms with Crippen LogP contribution in [0.25, 0.3) is 55.5 Å². The second-order valence-corrected chi connectivity index (χ2v) is 19.5. The van der Waals surface area contributed by atoms with E-state index in [9.17, 15) is 9.59 Å². The standard InChI is InChI=1S/C65H54N4O2/c1-39(2)50-23-16-24-51(40(3)4)60(50)68-59(34-33-54-62(70)52-21-14-15-22-53(52)63(54)71)69(65-64(68)66-57-37-42(6)43(7)38-58(57)67-65)61-55(48-29-25-46(26-30-48)44-17-10-8-11-18-44)35-41(5)36-56(61)49-31-27-47(28-32-49)45-19-12-9-13-20-45/h8-40H,1-7H3/b59-34+. The first-order chi connectivity index (χ1) is 34.4. The van der Waals surface area contributed by atoms with Gasteiger partial charge in [0.05, 0.1) is 28.0 Å². The van der Waals surface area contributed by atoms with Crippen LogP contribution in [0.15, 0.2) is 199 Å². The third-order valence-corrected chi connectivity index (χ3v) is 14.1. The molecule has 11 rings (SSSR count). The Hall–Kier alpha value is -8.48. The summed E-state index contributed by atoms with van der Waals surface area (Å²) in [5, 5.41) is 0. The molecule has 8 aromatic carbocycles. The van der Waals surface area contributed by atoms with Crippen LogP contribution in [0.1, 0.15) is 88.1 Å². The molecule has 1 aliphatic heterocycles. The number of hydrogen-bond donors (Lipinski definition) is 0. The van der Waals surface area contributed by atoms with Crippen molar-refractivity contribution in [1.29, 1.82) is 0 Å². The average Bonchev–Trinajstić information content (AvgIpc) is 3.82. The summed E-state index contributed by atoms with van der Waals surface area (Å²) in [7, 11) is 0.